The van der Waals surface area contributed by atoms with Gasteiger partial charge in [0.1, 0.15) is 5.82 Å². The summed E-state index contributed by atoms with van der Waals surface area (Å²) in [4.78, 5) is 0. The highest BCUT2D eigenvalue weighted by Gasteiger charge is 2.12. The van der Waals surface area contributed by atoms with Gasteiger partial charge in [-0.15, -0.1) is 10.2 Å². The van der Waals surface area contributed by atoms with E-state index in [1.807, 2.05) is 62.4 Å². The summed E-state index contributed by atoms with van der Waals surface area (Å²) < 4.78 is 1.77. The minimum Gasteiger partial charge on any atom is -0.396 e. The summed E-state index contributed by atoms with van der Waals surface area (Å²) in [5.41, 5.74) is 3.07. The number of nitrogens with one attached hydrogen (secondary N) is 1. The summed E-state index contributed by atoms with van der Waals surface area (Å²) in [5.74, 6) is 1.35. The SMILES string of the molecule is Cc1cc(C)n(-c2ccc(N[C@@H](CCO)c3ccccc3)nn2)n1. The third-order valence-electron chi connectivity index (χ3n) is 3.82. The number of aryl methyl sites for hydroxylation is 2. The summed E-state index contributed by atoms with van der Waals surface area (Å²) in [6.07, 6.45) is 0.602. The molecule has 0 aliphatic carbocycles. The van der Waals surface area contributed by atoms with Crippen molar-refractivity contribution >= 4 is 5.82 Å². The maximum absolute atomic E-state index is 9.31. The number of hydrogen-bond acceptors (Lipinski definition) is 5. The molecule has 6 nitrogen and oxygen atoms in total. The van der Waals surface area contributed by atoms with Crippen molar-refractivity contribution in [3.8, 4) is 5.82 Å². The van der Waals surface area contributed by atoms with Crippen LogP contribution in [0.2, 0.25) is 0 Å². The van der Waals surface area contributed by atoms with E-state index < -0.39 is 0 Å². The molecule has 6 heteroatoms. The van der Waals surface area contributed by atoms with Gasteiger partial charge in [-0.25, -0.2) is 4.68 Å². The van der Waals surface area contributed by atoms with Crippen molar-refractivity contribution in [2.75, 3.05) is 11.9 Å². The second-order valence-electron chi connectivity index (χ2n) is 5.74. The van der Waals surface area contributed by atoms with E-state index >= 15 is 0 Å². The molecule has 0 fully saturated rings. The standard InChI is InChI=1S/C18H21N5O/c1-13-12-14(2)23(22-13)18-9-8-17(20-21-18)19-16(10-11-24)15-6-4-3-5-7-15/h3-9,12,16,24H,10-11H2,1-2H3,(H,19,20)/t16-/m0/s1. The first kappa shape index (κ1) is 16.1. The van der Waals surface area contributed by atoms with Crippen molar-refractivity contribution in [1.29, 1.82) is 0 Å². The van der Waals surface area contributed by atoms with Crippen molar-refractivity contribution in [3.63, 3.8) is 0 Å². The number of benzene rings is 1. The van der Waals surface area contributed by atoms with Gasteiger partial charge in [-0.05, 0) is 44.0 Å². The highest BCUT2D eigenvalue weighted by atomic mass is 16.3. The average Bonchev–Trinajstić information content (AvgIpc) is 2.94. The summed E-state index contributed by atoms with van der Waals surface area (Å²) in [5, 5.41) is 25.6. The number of aromatic nitrogens is 4. The average molecular weight is 323 g/mol. The zero-order chi connectivity index (χ0) is 16.9. The molecule has 2 N–H and O–H groups in total. The third kappa shape index (κ3) is 3.60. The summed E-state index contributed by atoms with van der Waals surface area (Å²) in [6.45, 7) is 4.04. The highest BCUT2D eigenvalue weighted by molar-refractivity contribution is 5.40. The Labute approximate surface area is 141 Å². The van der Waals surface area contributed by atoms with Crippen LogP contribution in [0.1, 0.15) is 29.4 Å². The van der Waals surface area contributed by atoms with Gasteiger partial charge >= 0.3 is 0 Å². The first-order valence-corrected chi connectivity index (χ1v) is 7.97. The molecule has 0 unspecified atom stereocenters. The van der Waals surface area contributed by atoms with Crippen LogP contribution in [0.4, 0.5) is 5.82 Å². The second-order valence-corrected chi connectivity index (χ2v) is 5.74. The number of aliphatic hydroxyl groups excluding tert-OH is 1. The van der Waals surface area contributed by atoms with Crippen molar-refractivity contribution in [2.45, 2.75) is 26.3 Å². The van der Waals surface area contributed by atoms with Crippen LogP contribution in [-0.2, 0) is 0 Å². The van der Waals surface area contributed by atoms with Gasteiger partial charge in [0.05, 0.1) is 11.7 Å². The van der Waals surface area contributed by atoms with Gasteiger partial charge in [-0.1, -0.05) is 30.3 Å². The van der Waals surface area contributed by atoms with Gasteiger partial charge in [0.2, 0.25) is 0 Å². The molecule has 0 amide bonds. The fourth-order valence-corrected chi connectivity index (χ4v) is 2.69. The van der Waals surface area contributed by atoms with Crippen LogP contribution in [0.5, 0.6) is 0 Å². The van der Waals surface area contributed by atoms with Crippen LogP contribution < -0.4 is 5.32 Å². The predicted molar refractivity (Wildman–Crippen MR) is 93.1 cm³/mol. The largest absolute Gasteiger partial charge is 0.396 e. The Morgan fingerprint density at radius 1 is 1.08 bits per heavy atom. The summed E-state index contributed by atoms with van der Waals surface area (Å²) >= 11 is 0. The normalized spacial score (nSPS) is 12.1. The summed E-state index contributed by atoms with van der Waals surface area (Å²) in [7, 11) is 0. The molecule has 124 valence electrons. The highest BCUT2D eigenvalue weighted by Crippen LogP contribution is 2.21. The minimum atomic E-state index is -0.00923. The Morgan fingerprint density at radius 3 is 2.46 bits per heavy atom. The molecule has 0 spiro atoms. The number of hydrogen-bond donors (Lipinski definition) is 2. The molecule has 24 heavy (non-hydrogen) atoms. The van der Waals surface area contributed by atoms with Crippen molar-refractivity contribution < 1.29 is 5.11 Å². The van der Waals surface area contributed by atoms with Crippen LogP contribution in [0.25, 0.3) is 5.82 Å². The molecule has 2 aromatic heterocycles. The minimum absolute atomic E-state index is 0.00923. The zero-order valence-corrected chi connectivity index (χ0v) is 13.8. The quantitative estimate of drug-likeness (QED) is 0.729. The van der Waals surface area contributed by atoms with Crippen LogP contribution in [0.3, 0.4) is 0 Å². The third-order valence-corrected chi connectivity index (χ3v) is 3.82. The fraction of sp³-hybridized carbons (Fsp3) is 0.278. The fourth-order valence-electron chi connectivity index (χ4n) is 2.69. The van der Waals surface area contributed by atoms with Gasteiger partial charge in [-0.2, -0.15) is 5.10 Å². The Kier molecular flexibility index (Phi) is 4.86. The number of nitrogens with zero attached hydrogens (tertiary/aromatic N) is 4. The Morgan fingerprint density at radius 2 is 1.88 bits per heavy atom. The molecule has 1 aromatic carbocycles. The smallest absolute Gasteiger partial charge is 0.176 e. The second kappa shape index (κ2) is 7.23. The topological polar surface area (TPSA) is 75.9 Å². The van der Waals surface area contributed by atoms with Crippen LogP contribution >= 0.6 is 0 Å². The lowest BCUT2D eigenvalue weighted by molar-refractivity contribution is 0.280. The van der Waals surface area contributed by atoms with Crippen molar-refractivity contribution in [2.24, 2.45) is 0 Å². The first-order valence-electron chi connectivity index (χ1n) is 7.97. The molecule has 2 heterocycles. The molecule has 1 atom stereocenters. The number of rotatable bonds is 6. The Hall–Kier alpha value is -2.73. The van der Waals surface area contributed by atoms with Crippen molar-refractivity contribution in [1.82, 2.24) is 20.0 Å². The van der Waals surface area contributed by atoms with Crippen LogP contribution in [0, 0.1) is 13.8 Å². The zero-order valence-electron chi connectivity index (χ0n) is 13.8. The number of aliphatic hydroxyl groups is 1. The molecule has 0 aliphatic rings. The van der Waals surface area contributed by atoms with E-state index in [0.717, 1.165) is 17.0 Å². The van der Waals surface area contributed by atoms with Gasteiger partial charge in [0.15, 0.2) is 5.82 Å². The van der Waals surface area contributed by atoms with Crippen LogP contribution in [-0.4, -0.2) is 31.7 Å². The molecule has 0 aliphatic heterocycles. The Bertz CT molecular complexity index is 783. The molecule has 0 saturated carbocycles. The number of anilines is 1. The monoisotopic (exact) mass is 323 g/mol. The molecule has 3 aromatic rings. The van der Waals surface area contributed by atoms with E-state index in [9.17, 15) is 5.11 Å². The molecule has 0 bridgehead atoms. The summed E-state index contributed by atoms with van der Waals surface area (Å²) in [6, 6.07) is 15.8. The van der Waals surface area contributed by atoms with Gasteiger partial charge in [0, 0.05) is 12.3 Å². The lowest BCUT2D eigenvalue weighted by Crippen LogP contribution is -2.14. The van der Waals surface area contributed by atoms with Crippen LogP contribution in [0.15, 0.2) is 48.5 Å². The first-order chi connectivity index (χ1) is 11.7. The molecule has 3 rings (SSSR count). The predicted octanol–water partition coefficient (Wildman–Crippen LogP) is 2.81. The van der Waals surface area contributed by atoms with E-state index in [4.69, 9.17) is 0 Å². The lowest BCUT2D eigenvalue weighted by Gasteiger charge is -2.18. The van der Waals surface area contributed by atoms with Crippen molar-refractivity contribution in [3.05, 3.63) is 65.5 Å². The molecular weight excluding hydrogens is 302 g/mol. The van der Waals surface area contributed by atoms with E-state index in [1.54, 1.807) is 4.68 Å². The molecule has 0 saturated heterocycles. The van der Waals surface area contributed by atoms with Gasteiger partial charge < -0.3 is 10.4 Å². The van der Waals surface area contributed by atoms with Gasteiger partial charge in [-0.3, -0.25) is 0 Å². The van der Waals surface area contributed by atoms with Gasteiger partial charge in [0.25, 0.3) is 0 Å². The Balaban J connectivity index is 1.78. The van der Waals surface area contributed by atoms with E-state index in [0.29, 0.717) is 18.1 Å². The van der Waals surface area contributed by atoms with E-state index in [2.05, 4.69) is 20.6 Å². The lowest BCUT2D eigenvalue weighted by atomic mass is 10.0. The van der Waals surface area contributed by atoms with E-state index in [1.165, 1.54) is 0 Å². The molecular formula is C18H21N5O. The maximum atomic E-state index is 9.31. The maximum Gasteiger partial charge on any atom is 0.176 e. The van der Waals surface area contributed by atoms with E-state index in [-0.39, 0.29) is 12.6 Å². The molecule has 0 radical (unpaired) electrons.